The van der Waals surface area contributed by atoms with E-state index >= 15 is 0 Å². The third-order valence-corrected chi connectivity index (χ3v) is 12.7. The molecule has 6 fully saturated rings. The molecule has 0 unspecified atom stereocenters. The van der Waals surface area contributed by atoms with Crippen LogP contribution in [0, 0.1) is 52.3 Å². The van der Waals surface area contributed by atoms with Crippen molar-refractivity contribution in [2.24, 2.45) is 52.3 Å². The van der Waals surface area contributed by atoms with Gasteiger partial charge < -0.3 is 19.7 Å². The summed E-state index contributed by atoms with van der Waals surface area (Å²) in [5, 5.41) is 22.5. The highest BCUT2D eigenvalue weighted by Crippen LogP contribution is 2.72. The van der Waals surface area contributed by atoms with Gasteiger partial charge in [-0.3, -0.25) is 4.79 Å². The molecule has 34 heavy (non-hydrogen) atoms. The zero-order valence-electron chi connectivity index (χ0n) is 22.1. The predicted octanol–water partition coefficient (Wildman–Crippen LogP) is 5.07. The maximum Gasteiger partial charge on any atom is 0.195 e. The van der Waals surface area contributed by atoms with Crippen LogP contribution in [0.15, 0.2) is 0 Å². The maximum absolute atomic E-state index is 13.7. The fourth-order valence-electron chi connectivity index (χ4n) is 10.7. The van der Waals surface area contributed by atoms with Gasteiger partial charge in [0.1, 0.15) is 11.4 Å². The van der Waals surface area contributed by atoms with Gasteiger partial charge in [-0.1, -0.05) is 47.5 Å². The van der Waals surface area contributed by atoms with Crippen molar-refractivity contribution in [3.8, 4) is 0 Å². The normalized spacial score (nSPS) is 60.9. The highest BCUT2D eigenvalue weighted by Gasteiger charge is 2.75. The second-order valence-electron chi connectivity index (χ2n) is 14.3. The summed E-state index contributed by atoms with van der Waals surface area (Å²) in [7, 11) is 0. The molecule has 2 heterocycles. The van der Waals surface area contributed by atoms with Gasteiger partial charge in [0, 0.05) is 24.7 Å². The molecule has 192 valence electrons. The summed E-state index contributed by atoms with van der Waals surface area (Å²) >= 11 is 0. The van der Waals surface area contributed by atoms with E-state index in [1.807, 2.05) is 13.8 Å². The molecule has 2 saturated heterocycles. The van der Waals surface area contributed by atoms with Crippen LogP contribution in [0.25, 0.3) is 0 Å². The topological polar surface area (TPSA) is 76.0 Å². The SMILES string of the molecule is CC(C)[C@]1(O)C[C@]2(O[C@H]3C[C@H]4[C@H]5C(=O)C[C@H]6CCCC[C@@]6(C)[C@@H]5CC[C@@]4(C)[C@@H]3[C@@H]2C)O[C@]1(C)O. The van der Waals surface area contributed by atoms with Gasteiger partial charge in [-0.05, 0) is 79.4 Å². The molecule has 1 spiro atoms. The Bertz CT molecular complexity index is 884. The summed E-state index contributed by atoms with van der Waals surface area (Å²) in [6.45, 7) is 12.6. The van der Waals surface area contributed by atoms with Crippen LogP contribution in [0.3, 0.4) is 0 Å². The lowest BCUT2D eigenvalue weighted by Crippen LogP contribution is -2.57. The van der Waals surface area contributed by atoms with Crippen LogP contribution in [-0.2, 0) is 14.3 Å². The van der Waals surface area contributed by atoms with Crippen LogP contribution >= 0.6 is 0 Å². The van der Waals surface area contributed by atoms with Crippen molar-refractivity contribution in [1.29, 1.82) is 0 Å². The molecule has 0 aromatic heterocycles. The highest BCUT2D eigenvalue weighted by atomic mass is 16.8. The molecule has 4 saturated carbocycles. The van der Waals surface area contributed by atoms with Gasteiger partial charge in [0.05, 0.1) is 6.10 Å². The third-order valence-electron chi connectivity index (χ3n) is 12.7. The van der Waals surface area contributed by atoms with Crippen molar-refractivity contribution < 1.29 is 24.5 Å². The summed E-state index contributed by atoms with van der Waals surface area (Å²) in [5.74, 6) is -0.224. The second kappa shape index (κ2) is 7.08. The van der Waals surface area contributed by atoms with E-state index in [2.05, 4.69) is 20.8 Å². The number of rotatable bonds is 1. The van der Waals surface area contributed by atoms with Crippen LogP contribution in [0.5, 0.6) is 0 Å². The third kappa shape index (κ3) is 2.74. The summed E-state index contributed by atoms with van der Waals surface area (Å²) in [4.78, 5) is 13.7. The van der Waals surface area contributed by atoms with Crippen LogP contribution in [0.4, 0.5) is 0 Å². The van der Waals surface area contributed by atoms with Gasteiger partial charge in [0.15, 0.2) is 11.6 Å². The van der Waals surface area contributed by atoms with E-state index in [-0.39, 0.29) is 35.2 Å². The summed E-state index contributed by atoms with van der Waals surface area (Å²) in [5.41, 5.74) is -0.984. The Kier molecular flexibility index (Phi) is 4.97. The van der Waals surface area contributed by atoms with Crippen molar-refractivity contribution in [2.75, 3.05) is 0 Å². The zero-order chi connectivity index (χ0) is 24.5. The molecule has 4 aliphatic carbocycles. The molecule has 0 bridgehead atoms. The molecule has 2 N–H and O–H groups in total. The smallest absolute Gasteiger partial charge is 0.195 e. The zero-order valence-corrected chi connectivity index (χ0v) is 22.1. The number of fused-ring (bicyclic) bond motifs is 7. The number of hydrogen-bond donors (Lipinski definition) is 2. The van der Waals surface area contributed by atoms with Crippen LogP contribution in [0.1, 0.15) is 99.3 Å². The van der Waals surface area contributed by atoms with Gasteiger partial charge in [-0.15, -0.1) is 0 Å². The van der Waals surface area contributed by atoms with E-state index in [9.17, 15) is 15.0 Å². The van der Waals surface area contributed by atoms with Crippen LogP contribution in [-0.4, -0.2) is 39.3 Å². The average molecular weight is 475 g/mol. The van der Waals surface area contributed by atoms with Gasteiger partial charge in [0.25, 0.3) is 0 Å². The van der Waals surface area contributed by atoms with E-state index in [1.54, 1.807) is 6.92 Å². The van der Waals surface area contributed by atoms with Crippen molar-refractivity contribution in [1.82, 2.24) is 0 Å². The lowest BCUT2D eigenvalue weighted by molar-refractivity contribution is -0.326. The van der Waals surface area contributed by atoms with E-state index in [0.29, 0.717) is 35.4 Å². The minimum absolute atomic E-state index is 0.0266. The number of carbonyl (C=O) groups is 1. The van der Waals surface area contributed by atoms with Crippen molar-refractivity contribution >= 4 is 5.78 Å². The van der Waals surface area contributed by atoms with Crippen LogP contribution < -0.4 is 0 Å². The average Bonchev–Trinajstić information content (AvgIpc) is 3.26. The van der Waals surface area contributed by atoms with Crippen molar-refractivity contribution in [3.63, 3.8) is 0 Å². The molecular formula is C29H46O5. The lowest BCUT2D eigenvalue weighted by atomic mass is 9.44. The largest absolute Gasteiger partial charge is 0.384 e. The first-order valence-electron chi connectivity index (χ1n) is 14.1. The van der Waals surface area contributed by atoms with Crippen LogP contribution in [0.2, 0.25) is 0 Å². The Hall–Kier alpha value is -0.490. The van der Waals surface area contributed by atoms with Crippen molar-refractivity contribution in [3.05, 3.63) is 0 Å². The Labute approximate surface area is 205 Å². The Morgan fingerprint density at radius 1 is 1.00 bits per heavy atom. The van der Waals surface area contributed by atoms with E-state index in [4.69, 9.17) is 9.47 Å². The number of ether oxygens (including phenoxy) is 2. The number of ketones is 1. The summed E-state index contributed by atoms with van der Waals surface area (Å²) < 4.78 is 13.1. The van der Waals surface area contributed by atoms with E-state index < -0.39 is 17.2 Å². The second-order valence-corrected chi connectivity index (χ2v) is 14.3. The predicted molar refractivity (Wildman–Crippen MR) is 128 cm³/mol. The standard InChI is InChI=1S/C29H46O5/c1-16(2)28(32)15-29(34-27(28,6)31)17(3)24-22(33-29)14-20-23-19(10-12-26(20,24)5)25(4)11-8-7-9-18(25)13-21(23)30/h16-20,22-24,31-32H,7-15H2,1-6H3/t17-,18+,19+,20-,22-,23-,24+,25+,26+,27-,28+,29-/m0/s1. The highest BCUT2D eigenvalue weighted by molar-refractivity contribution is 5.83. The molecule has 0 aromatic carbocycles. The molecule has 2 aliphatic heterocycles. The van der Waals surface area contributed by atoms with Gasteiger partial charge in [-0.2, -0.15) is 0 Å². The minimum Gasteiger partial charge on any atom is -0.384 e. The number of Topliss-reactive ketones (excluding diaryl/α,β-unsaturated/α-hetero) is 1. The minimum atomic E-state index is -1.64. The first-order chi connectivity index (χ1) is 15.8. The Morgan fingerprint density at radius 2 is 1.74 bits per heavy atom. The molecule has 0 amide bonds. The Balaban J connectivity index is 1.31. The number of carbonyl (C=O) groups excluding carboxylic acids is 1. The monoisotopic (exact) mass is 474 g/mol. The number of hydrogen-bond acceptors (Lipinski definition) is 5. The van der Waals surface area contributed by atoms with Crippen molar-refractivity contribution in [2.45, 2.75) is 123 Å². The fraction of sp³-hybridized carbons (Fsp3) is 0.966. The van der Waals surface area contributed by atoms with E-state index in [0.717, 1.165) is 25.7 Å². The van der Waals surface area contributed by atoms with Gasteiger partial charge in [-0.25, -0.2) is 0 Å². The molecule has 0 aromatic rings. The molecule has 6 aliphatic rings. The molecule has 5 nitrogen and oxygen atoms in total. The van der Waals surface area contributed by atoms with Gasteiger partial charge in [0.2, 0.25) is 0 Å². The fourth-order valence-corrected chi connectivity index (χ4v) is 10.7. The molecule has 0 radical (unpaired) electrons. The number of aliphatic hydroxyl groups is 2. The molecule has 6 rings (SSSR count). The summed E-state index contributed by atoms with van der Waals surface area (Å²) in [6.07, 6.45) is 9.43. The Morgan fingerprint density at radius 3 is 2.41 bits per heavy atom. The maximum atomic E-state index is 13.7. The van der Waals surface area contributed by atoms with Gasteiger partial charge >= 0.3 is 0 Å². The lowest BCUT2D eigenvalue weighted by Gasteiger charge is -2.60. The molecular weight excluding hydrogens is 428 g/mol. The first kappa shape index (κ1) is 23.9. The molecule has 5 heteroatoms. The van der Waals surface area contributed by atoms with E-state index in [1.165, 1.54) is 25.7 Å². The summed E-state index contributed by atoms with van der Waals surface area (Å²) in [6, 6.07) is 0. The quantitative estimate of drug-likeness (QED) is 0.555. The molecule has 12 atom stereocenters. The first-order valence-corrected chi connectivity index (χ1v) is 14.1.